The number of rotatable bonds is 6. The molecule has 1 aliphatic rings. The van der Waals surface area contributed by atoms with Crippen LogP contribution in [0.3, 0.4) is 0 Å². The molecule has 0 spiro atoms. The normalized spacial score (nSPS) is 17.8. The molecule has 1 aliphatic heterocycles. The van der Waals surface area contributed by atoms with Gasteiger partial charge < -0.3 is 19.7 Å². The van der Waals surface area contributed by atoms with E-state index >= 15 is 0 Å². The van der Waals surface area contributed by atoms with Gasteiger partial charge in [-0.1, -0.05) is 12.1 Å². The van der Waals surface area contributed by atoms with Crippen molar-refractivity contribution in [3.63, 3.8) is 0 Å². The van der Waals surface area contributed by atoms with E-state index in [1.165, 1.54) is 5.56 Å². The number of halogens is 1. The Morgan fingerprint density at radius 2 is 2.09 bits per heavy atom. The molecule has 1 heterocycles. The summed E-state index contributed by atoms with van der Waals surface area (Å²) in [6, 6.07) is 8.40. The highest BCUT2D eigenvalue weighted by atomic mass is 127. The topological polar surface area (TPSA) is 46.1 Å². The van der Waals surface area contributed by atoms with Crippen molar-refractivity contribution in [3.05, 3.63) is 29.8 Å². The fourth-order valence-electron chi connectivity index (χ4n) is 2.81. The molecule has 1 aromatic rings. The Morgan fingerprint density at radius 1 is 1.35 bits per heavy atom. The summed E-state index contributed by atoms with van der Waals surface area (Å²) in [5.41, 5.74) is 1.37. The number of hydrogen-bond donors (Lipinski definition) is 1. The van der Waals surface area contributed by atoms with Crippen LogP contribution in [0.1, 0.15) is 24.8 Å². The molecule has 1 saturated heterocycles. The minimum Gasteiger partial charge on any atom is -0.497 e. The lowest BCUT2D eigenvalue weighted by Gasteiger charge is -2.21. The van der Waals surface area contributed by atoms with Crippen LogP contribution in [0, 0.1) is 0 Å². The quantitative estimate of drug-likeness (QED) is 0.325. The molecule has 6 heteroatoms. The first-order chi connectivity index (χ1) is 10.8. The SMILES string of the molecule is CCOCCNC(=NC)N1CCC(c2ccc(OC)cc2)C1.I. The van der Waals surface area contributed by atoms with E-state index in [2.05, 4.69) is 27.3 Å². The van der Waals surface area contributed by atoms with Crippen molar-refractivity contribution in [2.45, 2.75) is 19.3 Å². The average molecular weight is 433 g/mol. The van der Waals surface area contributed by atoms with Crippen LogP contribution in [0.25, 0.3) is 0 Å². The molecule has 1 unspecified atom stereocenters. The molecule has 1 atom stereocenters. The van der Waals surface area contributed by atoms with Gasteiger partial charge in [0.15, 0.2) is 5.96 Å². The van der Waals surface area contributed by atoms with E-state index < -0.39 is 0 Å². The number of benzene rings is 1. The van der Waals surface area contributed by atoms with Gasteiger partial charge in [0.25, 0.3) is 0 Å². The van der Waals surface area contributed by atoms with E-state index in [0.29, 0.717) is 12.5 Å². The highest BCUT2D eigenvalue weighted by Gasteiger charge is 2.25. The van der Waals surface area contributed by atoms with Crippen molar-refractivity contribution >= 4 is 29.9 Å². The standard InChI is InChI=1S/C17H27N3O2.HI/c1-4-22-12-10-19-17(18-2)20-11-9-15(13-20)14-5-7-16(21-3)8-6-14;/h5-8,15H,4,9-13H2,1-3H3,(H,18,19);1H. The second kappa shape index (κ2) is 10.7. The molecule has 0 amide bonds. The van der Waals surface area contributed by atoms with E-state index in [4.69, 9.17) is 9.47 Å². The summed E-state index contributed by atoms with van der Waals surface area (Å²) in [4.78, 5) is 6.70. The third-order valence-electron chi connectivity index (χ3n) is 4.02. The fraction of sp³-hybridized carbons (Fsp3) is 0.588. The minimum absolute atomic E-state index is 0. The van der Waals surface area contributed by atoms with Gasteiger partial charge >= 0.3 is 0 Å². The van der Waals surface area contributed by atoms with E-state index in [9.17, 15) is 0 Å². The van der Waals surface area contributed by atoms with Crippen molar-refractivity contribution < 1.29 is 9.47 Å². The van der Waals surface area contributed by atoms with Gasteiger partial charge in [0.2, 0.25) is 0 Å². The lowest BCUT2D eigenvalue weighted by atomic mass is 9.98. The molecular weight excluding hydrogens is 405 g/mol. The zero-order valence-electron chi connectivity index (χ0n) is 14.2. The molecule has 23 heavy (non-hydrogen) atoms. The molecule has 0 bridgehead atoms. The summed E-state index contributed by atoms with van der Waals surface area (Å²) in [6.45, 7) is 6.30. The van der Waals surface area contributed by atoms with Crippen LogP contribution in [0.5, 0.6) is 5.75 Å². The number of ether oxygens (including phenoxy) is 2. The highest BCUT2D eigenvalue weighted by Crippen LogP contribution is 2.28. The molecular formula is C17H28IN3O2. The first kappa shape index (κ1) is 20.0. The average Bonchev–Trinajstić information content (AvgIpc) is 3.05. The highest BCUT2D eigenvalue weighted by molar-refractivity contribution is 14.0. The van der Waals surface area contributed by atoms with Gasteiger partial charge in [-0.2, -0.15) is 0 Å². The maximum atomic E-state index is 5.36. The lowest BCUT2D eigenvalue weighted by molar-refractivity contribution is 0.152. The Morgan fingerprint density at radius 3 is 2.70 bits per heavy atom. The zero-order valence-corrected chi connectivity index (χ0v) is 16.6. The summed E-state index contributed by atoms with van der Waals surface area (Å²) < 4.78 is 10.6. The van der Waals surface area contributed by atoms with Crippen LogP contribution in [-0.4, -0.2) is 57.9 Å². The zero-order chi connectivity index (χ0) is 15.8. The Balaban J connectivity index is 0.00000264. The Bertz CT molecular complexity index is 479. The maximum absolute atomic E-state index is 5.36. The largest absolute Gasteiger partial charge is 0.497 e. The van der Waals surface area contributed by atoms with Gasteiger partial charge in [-0.25, -0.2) is 0 Å². The number of aliphatic imine (C=N–C) groups is 1. The number of guanidine groups is 1. The van der Waals surface area contributed by atoms with Gasteiger partial charge in [0.1, 0.15) is 5.75 Å². The Kier molecular flexibility index (Phi) is 9.31. The van der Waals surface area contributed by atoms with Crippen molar-refractivity contribution in [1.82, 2.24) is 10.2 Å². The number of nitrogens with zero attached hydrogens (tertiary/aromatic N) is 2. The third-order valence-corrected chi connectivity index (χ3v) is 4.02. The van der Waals surface area contributed by atoms with Crippen molar-refractivity contribution in [1.29, 1.82) is 0 Å². The van der Waals surface area contributed by atoms with Crippen LogP contribution in [0.2, 0.25) is 0 Å². The van der Waals surface area contributed by atoms with Crippen molar-refractivity contribution in [2.24, 2.45) is 4.99 Å². The van der Waals surface area contributed by atoms with Gasteiger partial charge in [-0.05, 0) is 31.0 Å². The van der Waals surface area contributed by atoms with Gasteiger partial charge in [0, 0.05) is 39.2 Å². The Hall–Kier alpha value is -1.02. The van der Waals surface area contributed by atoms with E-state index in [1.54, 1.807) is 7.11 Å². The molecule has 0 saturated carbocycles. The monoisotopic (exact) mass is 433 g/mol. The number of nitrogens with one attached hydrogen (secondary N) is 1. The fourth-order valence-corrected chi connectivity index (χ4v) is 2.81. The van der Waals surface area contributed by atoms with Crippen LogP contribution in [-0.2, 0) is 4.74 Å². The molecule has 2 rings (SSSR count). The first-order valence-electron chi connectivity index (χ1n) is 7.95. The number of methoxy groups -OCH3 is 1. The summed E-state index contributed by atoms with van der Waals surface area (Å²) in [7, 11) is 3.54. The van der Waals surface area contributed by atoms with E-state index in [-0.39, 0.29) is 24.0 Å². The van der Waals surface area contributed by atoms with Crippen molar-refractivity contribution in [3.8, 4) is 5.75 Å². The van der Waals surface area contributed by atoms with Gasteiger partial charge in [0.05, 0.1) is 13.7 Å². The second-order valence-electron chi connectivity index (χ2n) is 5.38. The van der Waals surface area contributed by atoms with Gasteiger partial charge in [-0.3, -0.25) is 4.99 Å². The van der Waals surface area contributed by atoms with E-state index in [1.807, 2.05) is 26.1 Å². The molecule has 0 radical (unpaired) electrons. The Labute approximate surface area is 156 Å². The molecule has 1 aromatic carbocycles. The summed E-state index contributed by atoms with van der Waals surface area (Å²) in [5.74, 6) is 2.43. The molecule has 130 valence electrons. The second-order valence-corrected chi connectivity index (χ2v) is 5.38. The van der Waals surface area contributed by atoms with Crippen LogP contribution < -0.4 is 10.1 Å². The smallest absolute Gasteiger partial charge is 0.193 e. The summed E-state index contributed by atoms with van der Waals surface area (Å²) in [5, 5.41) is 3.37. The van der Waals surface area contributed by atoms with Crippen LogP contribution >= 0.6 is 24.0 Å². The summed E-state index contributed by atoms with van der Waals surface area (Å²) >= 11 is 0. The maximum Gasteiger partial charge on any atom is 0.193 e. The molecule has 0 aliphatic carbocycles. The van der Waals surface area contributed by atoms with Crippen LogP contribution in [0.15, 0.2) is 29.3 Å². The first-order valence-corrected chi connectivity index (χ1v) is 7.95. The number of hydrogen-bond acceptors (Lipinski definition) is 3. The predicted molar refractivity (Wildman–Crippen MR) is 105 cm³/mol. The number of likely N-dealkylation sites (tertiary alicyclic amines) is 1. The molecule has 0 aromatic heterocycles. The van der Waals surface area contributed by atoms with Crippen LogP contribution in [0.4, 0.5) is 0 Å². The molecule has 1 N–H and O–H groups in total. The lowest BCUT2D eigenvalue weighted by Crippen LogP contribution is -2.41. The minimum atomic E-state index is 0. The summed E-state index contributed by atoms with van der Waals surface area (Å²) in [6.07, 6.45) is 1.15. The van der Waals surface area contributed by atoms with E-state index in [0.717, 1.165) is 44.4 Å². The van der Waals surface area contributed by atoms with Gasteiger partial charge in [-0.15, -0.1) is 24.0 Å². The molecule has 5 nitrogen and oxygen atoms in total. The third kappa shape index (κ3) is 5.84. The molecule has 1 fully saturated rings. The predicted octanol–water partition coefficient (Wildman–Crippen LogP) is 2.71. The van der Waals surface area contributed by atoms with Crippen molar-refractivity contribution in [2.75, 3.05) is 47.0 Å².